The molecule has 0 amide bonds. The fourth-order valence-corrected chi connectivity index (χ4v) is 0.548. The average Bonchev–Trinajstić information content (AvgIpc) is 1.35. The molecule has 0 saturated heterocycles. The lowest BCUT2D eigenvalue weighted by molar-refractivity contribution is 0.578. The molecule has 0 bridgehead atoms. The van der Waals surface area contributed by atoms with Gasteiger partial charge in [0.2, 0.25) is 9.76 Å². The minimum absolute atomic E-state index is 0.138. The van der Waals surface area contributed by atoms with Crippen molar-refractivity contribution in [2.75, 3.05) is 0 Å². The molecule has 0 aromatic carbocycles. The van der Waals surface area contributed by atoms with Gasteiger partial charge >= 0.3 is 0 Å². The molecule has 0 saturated carbocycles. The Labute approximate surface area is 41.3 Å². The lowest BCUT2D eigenvalue weighted by Gasteiger charge is -1.93. The molecule has 0 heterocycles. The SMILES string of the molecule is CC(C)C[Si]O. The van der Waals surface area contributed by atoms with Crippen molar-refractivity contribution in [2.45, 2.75) is 19.9 Å². The van der Waals surface area contributed by atoms with Crippen molar-refractivity contribution in [1.29, 1.82) is 0 Å². The molecule has 1 nitrogen and oxygen atoms in total. The Balaban J connectivity index is 2.63. The zero-order valence-corrected chi connectivity index (χ0v) is 5.23. The summed E-state index contributed by atoms with van der Waals surface area (Å²) in [5.41, 5.74) is 0. The van der Waals surface area contributed by atoms with Gasteiger partial charge in [-0.3, -0.25) is 0 Å². The summed E-state index contributed by atoms with van der Waals surface area (Å²) >= 11 is 0. The Morgan fingerprint density at radius 3 is 2.17 bits per heavy atom. The highest BCUT2D eigenvalue weighted by Gasteiger charge is 1.89. The third-order valence-corrected chi connectivity index (χ3v) is 1.50. The van der Waals surface area contributed by atoms with Crippen molar-refractivity contribution >= 4 is 9.76 Å². The number of hydrogen-bond donors (Lipinski definition) is 1. The second kappa shape index (κ2) is 3.37. The molecule has 0 atom stereocenters. The molecule has 0 aliphatic heterocycles. The molecule has 0 aliphatic rings. The smallest absolute Gasteiger partial charge is 0.224 e. The van der Waals surface area contributed by atoms with Crippen LogP contribution in [0.15, 0.2) is 0 Å². The van der Waals surface area contributed by atoms with E-state index in [4.69, 9.17) is 4.80 Å². The fraction of sp³-hybridized carbons (Fsp3) is 1.00. The predicted octanol–water partition coefficient (Wildman–Crippen LogP) is 0.672. The molecule has 0 aromatic rings. The Hall–Kier alpha value is 0.177. The van der Waals surface area contributed by atoms with Crippen LogP contribution in [0.2, 0.25) is 6.04 Å². The molecule has 2 heteroatoms. The highest BCUT2D eigenvalue weighted by Crippen LogP contribution is 1.95. The Kier molecular flexibility index (Phi) is 3.47. The van der Waals surface area contributed by atoms with Gasteiger partial charge in [0, 0.05) is 0 Å². The van der Waals surface area contributed by atoms with Crippen LogP contribution in [0, 0.1) is 5.92 Å². The first-order valence-corrected chi connectivity index (χ1v) is 3.29. The topological polar surface area (TPSA) is 20.2 Å². The zero-order chi connectivity index (χ0) is 4.99. The summed E-state index contributed by atoms with van der Waals surface area (Å²) in [4.78, 5) is 8.26. The van der Waals surface area contributed by atoms with Gasteiger partial charge in [-0.25, -0.2) is 0 Å². The van der Waals surface area contributed by atoms with E-state index in [1.54, 1.807) is 0 Å². The van der Waals surface area contributed by atoms with Gasteiger partial charge < -0.3 is 4.80 Å². The van der Waals surface area contributed by atoms with Crippen molar-refractivity contribution in [2.24, 2.45) is 5.92 Å². The molecular weight excluding hydrogens is 92.1 g/mol. The molecule has 0 spiro atoms. The monoisotopic (exact) mass is 102 g/mol. The standard InChI is InChI=1S/C4H10OSi/c1-4(2)3-6-5/h4-5H,3H2,1-2H3. The fourth-order valence-electron chi connectivity index (χ4n) is 0.183. The van der Waals surface area contributed by atoms with E-state index in [2.05, 4.69) is 13.8 Å². The van der Waals surface area contributed by atoms with Crippen LogP contribution in [0.5, 0.6) is 0 Å². The lowest BCUT2D eigenvalue weighted by Crippen LogP contribution is -1.92. The molecule has 1 N–H and O–H groups in total. The molecule has 0 fully saturated rings. The van der Waals surface area contributed by atoms with Crippen molar-refractivity contribution in [3.05, 3.63) is 0 Å². The van der Waals surface area contributed by atoms with E-state index in [9.17, 15) is 0 Å². The van der Waals surface area contributed by atoms with E-state index < -0.39 is 0 Å². The molecule has 6 heavy (non-hydrogen) atoms. The minimum Gasteiger partial charge on any atom is -0.432 e. The van der Waals surface area contributed by atoms with E-state index in [0.717, 1.165) is 6.04 Å². The van der Waals surface area contributed by atoms with Gasteiger partial charge in [0.05, 0.1) is 0 Å². The van der Waals surface area contributed by atoms with Crippen LogP contribution in [0.4, 0.5) is 0 Å². The maximum Gasteiger partial charge on any atom is 0.224 e. The minimum atomic E-state index is 0.138. The predicted molar refractivity (Wildman–Crippen MR) is 27.6 cm³/mol. The van der Waals surface area contributed by atoms with Crippen molar-refractivity contribution in [1.82, 2.24) is 0 Å². The summed E-state index contributed by atoms with van der Waals surface area (Å²) in [6.07, 6.45) is 0. The highest BCUT2D eigenvalue weighted by atomic mass is 28.2. The average molecular weight is 102 g/mol. The van der Waals surface area contributed by atoms with Crippen LogP contribution in [0.1, 0.15) is 13.8 Å². The van der Waals surface area contributed by atoms with Gasteiger partial charge in [-0.15, -0.1) is 0 Å². The van der Waals surface area contributed by atoms with Crippen LogP contribution in [0.3, 0.4) is 0 Å². The maximum atomic E-state index is 8.26. The van der Waals surface area contributed by atoms with Crippen LogP contribution in [0.25, 0.3) is 0 Å². The Bertz CT molecular complexity index is 28.7. The molecule has 36 valence electrons. The van der Waals surface area contributed by atoms with Crippen molar-refractivity contribution < 1.29 is 4.80 Å². The second-order valence-electron chi connectivity index (χ2n) is 1.76. The second-order valence-corrected chi connectivity index (χ2v) is 2.48. The molecule has 0 aromatic heterocycles. The Morgan fingerprint density at radius 1 is 1.67 bits per heavy atom. The summed E-state index contributed by atoms with van der Waals surface area (Å²) < 4.78 is 0. The first-order valence-electron chi connectivity index (χ1n) is 2.14. The summed E-state index contributed by atoms with van der Waals surface area (Å²) in [7, 11) is 0.138. The summed E-state index contributed by atoms with van der Waals surface area (Å²) in [5, 5.41) is 0. The first kappa shape index (κ1) is 6.18. The summed E-state index contributed by atoms with van der Waals surface area (Å²) in [6.45, 7) is 4.20. The summed E-state index contributed by atoms with van der Waals surface area (Å²) in [6, 6.07) is 0.958. The molecule has 0 rings (SSSR count). The normalized spacial score (nSPS) is 10.0. The number of hydrogen-bond acceptors (Lipinski definition) is 1. The van der Waals surface area contributed by atoms with Gasteiger partial charge in [0.1, 0.15) is 0 Å². The van der Waals surface area contributed by atoms with Crippen molar-refractivity contribution in [3.63, 3.8) is 0 Å². The van der Waals surface area contributed by atoms with E-state index in [-0.39, 0.29) is 9.76 Å². The lowest BCUT2D eigenvalue weighted by atomic mass is 10.3. The van der Waals surface area contributed by atoms with Gasteiger partial charge in [-0.2, -0.15) is 0 Å². The van der Waals surface area contributed by atoms with E-state index in [0.29, 0.717) is 5.92 Å². The molecular formula is C4H10OSi. The van der Waals surface area contributed by atoms with Crippen molar-refractivity contribution in [3.8, 4) is 0 Å². The van der Waals surface area contributed by atoms with Gasteiger partial charge in [-0.1, -0.05) is 13.8 Å². The van der Waals surface area contributed by atoms with Gasteiger partial charge in [0.25, 0.3) is 0 Å². The van der Waals surface area contributed by atoms with Crippen LogP contribution >= 0.6 is 0 Å². The zero-order valence-electron chi connectivity index (χ0n) is 4.23. The largest absolute Gasteiger partial charge is 0.432 e. The highest BCUT2D eigenvalue weighted by molar-refractivity contribution is 6.25. The summed E-state index contributed by atoms with van der Waals surface area (Å²) in [5.74, 6) is 0.660. The maximum absolute atomic E-state index is 8.26. The Morgan fingerprint density at radius 2 is 2.17 bits per heavy atom. The molecule has 2 radical (unpaired) electrons. The number of rotatable bonds is 2. The van der Waals surface area contributed by atoms with E-state index in [1.807, 2.05) is 0 Å². The molecule has 0 aliphatic carbocycles. The van der Waals surface area contributed by atoms with Gasteiger partial charge in [0.15, 0.2) is 0 Å². The van der Waals surface area contributed by atoms with Crippen LogP contribution in [-0.4, -0.2) is 14.6 Å². The van der Waals surface area contributed by atoms with Crippen LogP contribution in [-0.2, 0) is 0 Å². The third-order valence-electron chi connectivity index (χ3n) is 0.500. The third kappa shape index (κ3) is 4.18. The van der Waals surface area contributed by atoms with E-state index in [1.165, 1.54) is 0 Å². The van der Waals surface area contributed by atoms with Gasteiger partial charge in [-0.05, 0) is 12.0 Å². The first-order chi connectivity index (χ1) is 2.77. The molecule has 0 unspecified atom stereocenters. The van der Waals surface area contributed by atoms with Crippen LogP contribution < -0.4 is 0 Å². The quantitative estimate of drug-likeness (QED) is 0.508. The van der Waals surface area contributed by atoms with E-state index >= 15 is 0 Å².